The van der Waals surface area contributed by atoms with E-state index in [1.165, 1.54) is 6.39 Å². The molecule has 1 aromatic heterocycles. The summed E-state index contributed by atoms with van der Waals surface area (Å²) < 4.78 is 5.47. The maximum atomic E-state index is 5.54. The van der Waals surface area contributed by atoms with Crippen LogP contribution in [0.25, 0.3) is 0 Å². The largest absolute Gasteiger partial charge is 0.447 e. The summed E-state index contributed by atoms with van der Waals surface area (Å²) >= 11 is 13.4. The monoisotopic (exact) mass is 393 g/mol. The third-order valence-corrected chi connectivity index (χ3v) is 5.60. The van der Waals surface area contributed by atoms with Crippen molar-refractivity contribution in [1.82, 2.24) is 14.8 Å². The highest BCUT2D eigenvalue weighted by Gasteiger charge is 2.09. The van der Waals surface area contributed by atoms with E-state index in [0.29, 0.717) is 10.2 Å². The average Bonchev–Trinajstić information content (AvgIpc) is 2.94. The second-order valence-corrected chi connectivity index (χ2v) is 7.89. The summed E-state index contributed by atoms with van der Waals surface area (Å²) in [5.74, 6) is 4.42. The summed E-state index contributed by atoms with van der Waals surface area (Å²) in [5, 5.41) is 0.843. The molecule has 0 radical (unpaired) electrons. The third kappa shape index (κ3) is 8.09. The summed E-state index contributed by atoms with van der Waals surface area (Å²) in [6, 6.07) is 0. The van der Waals surface area contributed by atoms with Gasteiger partial charge < -0.3 is 25.7 Å². The number of rotatable bonds is 10. The summed E-state index contributed by atoms with van der Waals surface area (Å²) in [7, 11) is 3.79. The predicted octanol–water partition coefficient (Wildman–Crippen LogP) is 1.49. The predicted molar refractivity (Wildman–Crippen MR) is 108 cm³/mol. The Morgan fingerprint density at radius 1 is 1.09 bits per heavy atom. The molecule has 0 fully saturated rings. The van der Waals surface area contributed by atoms with Gasteiger partial charge in [-0.1, -0.05) is 0 Å². The molecule has 0 unspecified atom stereocenters. The van der Waals surface area contributed by atoms with Gasteiger partial charge >= 0.3 is 0 Å². The quantitative estimate of drug-likeness (QED) is 0.450. The van der Waals surface area contributed by atoms with E-state index in [1.807, 2.05) is 23.9 Å². The molecule has 1 aromatic rings. The number of hydrogen-bond acceptors (Lipinski definition) is 6. The van der Waals surface area contributed by atoms with Crippen LogP contribution in [-0.2, 0) is 11.5 Å². The molecular weight excluding hydrogens is 370 g/mol. The first kappa shape index (κ1) is 20.3. The van der Waals surface area contributed by atoms with Crippen molar-refractivity contribution in [3.8, 4) is 0 Å². The van der Waals surface area contributed by atoms with E-state index in [4.69, 9.17) is 40.3 Å². The molecule has 0 saturated heterocycles. The average molecular weight is 394 g/mol. The Balaban J connectivity index is 2.25. The van der Waals surface area contributed by atoms with Gasteiger partial charge in [-0.25, -0.2) is 4.98 Å². The lowest BCUT2D eigenvalue weighted by Crippen LogP contribution is -2.33. The fraction of sp³-hybridized carbons (Fsp3) is 0.615. The van der Waals surface area contributed by atoms with Crippen molar-refractivity contribution < 1.29 is 4.42 Å². The Kier molecular flexibility index (Phi) is 9.68. The first-order chi connectivity index (χ1) is 10.9. The Labute approximate surface area is 156 Å². The lowest BCUT2D eigenvalue weighted by molar-refractivity contribution is 0.520. The smallest absolute Gasteiger partial charge is 0.181 e. The van der Waals surface area contributed by atoms with E-state index < -0.39 is 0 Å². The number of nitrogens with two attached hydrogens (primary N) is 2. The van der Waals surface area contributed by atoms with Gasteiger partial charge in [-0.15, -0.1) is 0 Å². The van der Waals surface area contributed by atoms with Crippen LogP contribution in [0, 0.1) is 0 Å². The van der Waals surface area contributed by atoms with Gasteiger partial charge in [-0.2, -0.15) is 23.5 Å². The molecule has 130 valence electrons. The van der Waals surface area contributed by atoms with E-state index in [9.17, 15) is 0 Å². The Hall–Kier alpha value is -0.710. The van der Waals surface area contributed by atoms with E-state index in [2.05, 4.69) is 4.98 Å². The van der Waals surface area contributed by atoms with Gasteiger partial charge in [0.25, 0.3) is 0 Å². The maximum Gasteiger partial charge on any atom is 0.181 e. The van der Waals surface area contributed by atoms with Crippen LogP contribution in [0.2, 0.25) is 0 Å². The maximum absolute atomic E-state index is 5.54. The lowest BCUT2D eigenvalue weighted by Gasteiger charge is -2.16. The van der Waals surface area contributed by atoms with Crippen molar-refractivity contribution in [1.29, 1.82) is 0 Å². The van der Waals surface area contributed by atoms with Gasteiger partial charge in [-0.05, 0) is 24.4 Å². The first-order valence-corrected chi connectivity index (χ1v) is 10.1. The number of nitrogens with zero attached hydrogens (tertiary/aromatic N) is 3. The van der Waals surface area contributed by atoms with Crippen LogP contribution in [0.4, 0.5) is 0 Å². The minimum Gasteiger partial charge on any atom is -0.447 e. The van der Waals surface area contributed by atoms with Crippen molar-refractivity contribution in [2.75, 3.05) is 38.7 Å². The molecule has 4 N–H and O–H groups in total. The molecule has 10 heteroatoms. The molecule has 0 aliphatic carbocycles. The highest BCUT2D eigenvalue weighted by atomic mass is 32.2. The van der Waals surface area contributed by atoms with Crippen LogP contribution in [-0.4, -0.2) is 63.7 Å². The highest BCUT2D eigenvalue weighted by Crippen LogP contribution is 2.20. The number of thioether (sulfide) groups is 2. The van der Waals surface area contributed by atoms with E-state index in [0.717, 1.165) is 47.6 Å². The molecular formula is C13H23N5OS4. The number of oxazole rings is 1. The Morgan fingerprint density at radius 2 is 1.61 bits per heavy atom. The number of hydrogen-bond donors (Lipinski definition) is 2. The van der Waals surface area contributed by atoms with Gasteiger partial charge in [-0.3, -0.25) is 0 Å². The number of aromatic nitrogens is 1. The van der Waals surface area contributed by atoms with Crippen LogP contribution in [0.15, 0.2) is 10.8 Å². The Bertz CT molecular complexity index is 468. The molecule has 1 rings (SSSR count). The molecule has 0 aromatic carbocycles. The van der Waals surface area contributed by atoms with Crippen molar-refractivity contribution in [2.45, 2.75) is 11.5 Å². The van der Waals surface area contributed by atoms with Crippen molar-refractivity contribution in [2.24, 2.45) is 11.5 Å². The molecule has 0 amide bonds. The Morgan fingerprint density at radius 3 is 2.13 bits per heavy atom. The zero-order valence-corrected chi connectivity index (χ0v) is 16.6. The molecule has 23 heavy (non-hydrogen) atoms. The molecule has 0 bridgehead atoms. The normalized spacial score (nSPS) is 10.5. The summed E-state index contributed by atoms with van der Waals surface area (Å²) in [4.78, 5) is 8.01. The second kappa shape index (κ2) is 11.0. The van der Waals surface area contributed by atoms with E-state index in [1.54, 1.807) is 23.5 Å². The molecule has 1 heterocycles. The molecule has 0 atom stereocenters. The van der Waals surface area contributed by atoms with Crippen LogP contribution >= 0.6 is 48.0 Å². The van der Waals surface area contributed by atoms with E-state index in [-0.39, 0.29) is 0 Å². The van der Waals surface area contributed by atoms with Gasteiger partial charge in [0.1, 0.15) is 5.76 Å². The van der Waals surface area contributed by atoms with Crippen molar-refractivity contribution in [3.63, 3.8) is 0 Å². The zero-order valence-electron chi connectivity index (χ0n) is 13.4. The zero-order chi connectivity index (χ0) is 17.2. The summed E-state index contributed by atoms with van der Waals surface area (Å²) in [6.07, 6.45) is 1.51. The molecule has 6 nitrogen and oxygen atoms in total. The topological polar surface area (TPSA) is 84.5 Å². The van der Waals surface area contributed by atoms with Crippen LogP contribution in [0.5, 0.6) is 0 Å². The van der Waals surface area contributed by atoms with E-state index >= 15 is 0 Å². The highest BCUT2D eigenvalue weighted by molar-refractivity contribution is 7.98. The van der Waals surface area contributed by atoms with Crippen LogP contribution in [0.1, 0.15) is 11.5 Å². The van der Waals surface area contributed by atoms with Crippen molar-refractivity contribution in [3.05, 3.63) is 17.8 Å². The van der Waals surface area contributed by atoms with Gasteiger partial charge in [0.2, 0.25) is 0 Å². The second-order valence-electron chi connectivity index (χ2n) is 4.85. The standard InChI is InChI=1S/C13H23N5OS4/c1-17(12(14)20)3-5-22-7-10-11(19-9-16-10)8-23-6-4-18(2)13(15)21/h9H,3-8H2,1-2H3,(H2,14,20)(H2,15,21). The first-order valence-electron chi connectivity index (χ1n) is 6.99. The fourth-order valence-corrected chi connectivity index (χ4v) is 3.61. The molecule has 0 spiro atoms. The third-order valence-electron chi connectivity index (χ3n) is 3.09. The fourth-order valence-electron chi connectivity index (χ4n) is 1.49. The minimum atomic E-state index is 0.421. The van der Waals surface area contributed by atoms with Crippen LogP contribution in [0.3, 0.4) is 0 Å². The minimum absolute atomic E-state index is 0.421. The lowest BCUT2D eigenvalue weighted by atomic mass is 10.4. The summed E-state index contributed by atoms with van der Waals surface area (Å²) in [5.41, 5.74) is 12.1. The number of thiocarbonyl (C=S) groups is 2. The van der Waals surface area contributed by atoms with Gasteiger partial charge in [0.05, 0.1) is 11.4 Å². The van der Waals surface area contributed by atoms with Gasteiger partial charge in [0, 0.05) is 44.4 Å². The molecule has 0 saturated carbocycles. The molecule has 0 aliphatic rings. The summed E-state index contributed by atoms with van der Waals surface area (Å²) in [6.45, 7) is 1.65. The van der Waals surface area contributed by atoms with Crippen LogP contribution < -0.4 is 11.5 Å². The van der Waals surface area contributed by atoms with Crippen molar-refractivity contribution >= 4 is 58.2 Å². The van der Waals surface area contributed by atoms with Gasteiger partial charge in [0.15, 0.2) is 16.6 Å². The molecule has 0 aliphatic heterocycles. The SMILES string of the molecule is CN(CCSCc1ncoc1CSCCN(C)C(N)=S)C(N)=S.